The van der Waals surface area contributed by atoms with E-state index in [0.29, 0.717) is 13.0 Å². The molecule has 7 nitrogen and oxygen atoms in total. The molecule has 0 aromatic rings. The molecule has 0 aromatic carbocycles. The second-order valence-corrected chi connectivity index (χ2v) is 3.94. The van der Waals surface area contributed by atoms with Gasteiger partial charge in [0, 0.05) is 13.0 Å². The van der Waals surface area contributed by atoms with Crippen molar-refractivity contribution in [1.29, 1.82) is 0 Å². The van der Waals surface area contributed by atoms with Gasteiger partial charge in [0.15, 0.2) is 5.96 Å². The van der Waals surface area contributed by atoms with E-state index in [0.717, 1.165) is 12.8 Å². The van der Waals surface area contributed by atoms with Crippen molar-refractivity contribution in [3.8, 4) is 0 Å². The molecule has 0 bridgehead atoms. The zero-order valence-electron chi connectivity index (χ0n) is 11.1. The minimum atomic E-state index is -0.479. The van der Waals surface area contributed by atoms with Gasteiger partial charge in [-0.25, -0.2) is 0 Å². The number of hydrogen-bond donors (Lipinski definition) is 3. The molecule has 0 saturated carbocycles. The molecular formula is C11H23ClN4O3. The molecule has 8 heteroatoms. The highest BCUT2D eigenvalue weighted by atomic mass is 35.5. The van der Waals surface area contributed by atoms with Crippen LogP contribution in [0.2, 0.25) is 0 Å². The lowest BCUT2D eigenvalue weighted by atomic mass is 10.1. The summed E-state index contributed by atoms with van der Waals surface area (Å²) in [5, 5.41) is 0. The summed E-state index contributed by atoms with van der Waals surface area (Å²) in [6, 6.07) is 0. The number of nitrogens with two attached hydrogens (primary N) is 3. The van der Waals surface area contributed by atoms with Crippen LogP contribution in [0.15, 0.2) is 4.99 Å². The van der Waals surface area contributed by atoms with Crippen LogP contribution >= 0.6 is 12.4 Å². The van der Waals surface area contributed by atoms with E-state index in [4.69, 9.17) is 21.9 Å². The second-order valence-electron chi connectivity index (χ2n) is 3.94. The van der Waals surface area contributed by atoms with Crippen molar-refractivity contribution in [2.75, 3.05) is 6.54 Å². The van der Waals surface area contributed by atoms with Crippen LogP contribution < -0.4 is 17.2 Å². The molecule has 0 rings (SSSR count). The van der Waals surface area contributed by atoms with Gasteiger partial charge in [0.2, 0.25) is 5.91 Å². The van der Waals surface area contributed by atoms with Crippen molar-refractivity contribution in [2.24, 2.45) is 22.2 Å². The number of carbonyl (C=O) groups excluding carboxylic acids is 2. The topological polar surface area (TPSA) is 134 Å². The lowest BCUT2D eigenvalue weighted by Crippen LogP contribution is -2.25. The zero-order chi connectivity index (χ0) is 14.0. The molecule has 19 heavy (non-hydrogen) atoms. The van der Waals surface area contributed by atoms with E-state index in [-0.39, 0.29) is 37.2 Å². The highest BCUT2D eigenvalue weighted by Gasteiger charge is 2.15. The van der Waals surface area contributed by atoms with Gasteiger partial charge in [-0.3, -0.25) is 14.6 Å². The predicted octanol–water partition coefficient (Wildman–Crippen LogP) is 0.0491. The van der Waals surface area contributed by atoms with Crippen molar-refractivity contribution in [3.05, 3.63) is 0 Å². The number of guanidine groups is 1. The molecule has 0 spiro atoms. The van der Waals surface area contributed by atoms with E-state index in [1.165, 1.54) is 0 Å². The number of unbranched alkanes of at least 4 members (excludes halogenated alkanes) is 1. The number of esters is 1. The fraction of sp³-hybridized carbons (Fsp3) is 0.727. The van der Waals surface area contributed by atoms with Gasteiger partial charge in [0.05, 0.1) is 6.42 Å². The molecule has 0 aromatic heterocycles. The number of hydrogen-bond acceptors (Lipinski definition) is 4. The Bertz CT molecular complexity index is 306. The summed E-state index contributed by atoms with van der Waals surface area (Å²) in [7, 11) is 0. The van der Waals surface area contributed by atoms with Crippen molar-refractivity contribution < 1.29 is 14.3 Å². The van der Waals surface area contributed by atoms with E-state index in [1.54, 1.807) is 6.92 Å². The Labute approximate surface area is 119 Å². The third-order valence-electron chi connectivity index (χ3n) is 2.24. The van der Waals surface area contributed by atoms with Crippen LogP contribution in [0.5, 0.6) is 0 Å². The molecule has 0 saturated heterocycles. The molecule has 6 N–H and O–H groups in total. The highest BCUT2D eigenvalue weighted by molar-refractivity contribution is 5.85. The third-order valence-corrected chi connectivity index (χ3v) is 2.24. The van der Waals surface area contributed by atoms with Crippen molar-refractivity contribution in [2.45, 2.75) is 45.1 Å². The molecule has 0 unspecified atom stereocenters. The Kier molecular flexibility index (Phi) is 12.1. The molecule has 0 fully saturated rings. The van der Waals surface area contributed by atoms with Gasteiger partial charge in [-0.05, 0) is 19.3 Å². The highest BCUT2D eigenvalue weighted by Crippen LogP contribution is 2.10. The van der Waals surface area contributed by atoms with E-state index in [1.807, 2.05) is 0 Å². The lowest BCUT2D eigenvalue weighted by molar-refractivity contribution is -0.150. The van der Waals surface area contributed by atoms with Crippen molar-refractivity contribution >= 4 is 30.2 Å². The van der Waals surface area contributed by atoms with Crippen LogP contribution in [-0.4, -0.2) is 30.5 Å². The Morgan fingerprint density at radius 2 is 1.84 bits per heavy atom. The molecular weight excluding hydrogens is 272 g/mol. The van der Waals surface area contributed by atoms with E-state index in [2.05, 4.69) is 4.99 Å². The molecule has 0 heterocycles. The van der Waals surface area contributed by atoms with Crippen LogP contribution in [0.4, 0.5) is 0 Å². The molecule has 0 radical (unpaired) electrons. The number of ether oxygens (including phenoxy) is 1. The minimum absolute atomic E-state index is 0. The molecule has 0 aliphatic carbocycles. The summed E-state index contributed by atoms with van der Waals surface area (Å²) in [6.45, 7) is 2.22. The Morgan fingerprint density at radius 1 is 1.21 bits per heavy atom. The van der Waals surface area contributed by atoms with E-state index < -0.39 is 12.0 Å². The quantitative estimate of drug-likeness (QED) is 0.239. The zero-order valence-corrected chi connectivity index (χ0v) is 11.9. The lowest BCUT2D eigenvalue weighted by Gasteiger charge is -2.15. The van der Waals surface area contributed by atoms with Gasteiger partial charge in [-0.15, -0.1) is 12.4 Å². The Morgan fingerprint density at radius 3 is 2.32 bits per heavy atom. The maximum atomic E-state index is 11.2. The monoisotopic (exact) mass is 294 g/mol. The summed E-state index contributed by atoms with van der Waals surface area (Å²) < 4.78 is 5.11. The van der Waals surface area contributed by atoms with Crippen LogP contribution in [0, 0.1) is 0 Å². The third kappa shape index (κ3) is 12.7. The summed E-state index contributed by atoms with van der Waals surface area (Å²) in [4.78, 5) is 25.8. The maximum Gasteiger partial charge on any atom is 0.305 e. The number of amides is 1. The van der Waals surface area contributed by atoms with Crippen molar-refractivity contribution in [3.63, 3.8) is 0 Å². The van der Waals surface area contributed by atoms with E-state index in [9.17, 15) is 9.59 Å². The van der Waals surface area contributed by atoms with Gasteiger partial charge in [0.25, 0.3) is 0 Å². The standard InChI is InChI=1S/C11H22N4O3.ClH/c1-2-10(17)18-8(7-9(12)16)5-3-4-6-15-11(13)14;/h8H,2-7H2,1H3,(H2,12,16)(H4,13,14,15);1H/t8-;/m0./s1. The van der Waals surface area contributed by atoms with Gasteiger partial charge in [-0.1, -0.05) is 6.92 Å². The van der Waals surface area contributed by atoms with Crippen molar-refractivity contribution in [1.82, 2.24) is 0 Å². The predicted molar refractivity (Wildman–Crippen MR) is 75.8 cm³/mol. The average Bonchev–Trinajstić information content (AvgIpc) is 2.26. The first-order valence-corrected chi connectivity index (χ1v) is 5.98. The van der Waals surface area contributed by atoms with Gasteiger partial charge >= 0.3 is 5.97 Å². The summed E-state index contributed by atoms with van der Waals surface area (Å²) in [5.41, 5.74) is 15.5. The maximum absolute atomic E-state index is 11.2. The fourth-order valence-corrected chi connectivity index (χ4v) is 1.39. The largest absolute Gasteiger partial charge is 0.462 e. The molecule has 0 aliphatic heterocycles. The van der Waals surface area contributed by atoms with Crippen LogP contribution in [-0.2, 0) is 14.3 Å². The Balaban J connectivity index is 0. The number of halogens is 1. The summed E-state index contributed by atoms with van der Waals surface area (Å²) in [6.07, 6.45) is 1.98. The first kappa shape index (κ1) is 19.8. The number of carbonyl (C=O) groups is 2. The van der Waals surface area contributed by atoms with Gasteiger partial charge < -0.3 is 21.9 Å². The molecule has 1 atom stereocenters. The van der Waals surface area contributed by atoms with Gasteiger partial charge in [-0.2, -0.15) is 0 Å². The minimum Gasteiger partial charge on any atom is -0.462 e. The smallest absolute Gasteiger partial charge is 0.305 e. The Hall–Kier alpha value is -1.50. The van der Waals surface area contributed by atoms with Gasteiger partial charge in [0.1, 0.15) is 6.10 Å². The molecule has 112 valence electrons. The summed E-state index contributed by atoms with van der Waals surface area (Å²) >= 11 is 0. The average molecular weight is 295 g/mol. The number of primary amides is 1. The van der Waals surface area contributed by atoms with Crippen LogP contribution in [0.25, 0.3) is 0 Å². The second kappa shape index (κ2) is 11.6. The first-order chi connectivity index (χ1) is 8.45. The first-order valence-electron chi connectivity index (χ1n) is 5.98. The number of rotatable bonds is 9. The fourth-order valence-electron chi connectivity index (χ4n) is 1.39. The molecule has 0 aliphatic rings. The number of aliphatic imine (C=N–C) groups is 1. The SMILES string of the molecule is CCC(=O)O[C@@H](CCCCN=C(N)N)CC(N)=O.Cl. The normalized spacial score (nSPS) is 11.0. The summed E-state index contributed by atoms with van der Waals surface area (Å²) in [5.74, 6) is -0.750. The van der Waals surface area contributed by atoms with Crippen LogP contribution in [0.1, 0.15) is 39.0 Å². The molecule has 1 amide bonds. The van der Waals surface area contributed by atoms with Crippen LogP contribution in [0.3, 0.4) is 0 Å². The number of nitrogens with zero attached hydrogens (tertiary/aromatic N) is 1. The van der Waals surface area contributed by atoms with E-state index >= 15 is 0 Å².